The van der Waals surface area contributed by atoms with E-state index in [4.69, 9.17) is 55.6 Å². The SMILES string of the molecule is NC(N)=Nc1ccc(OCCCCCOc2ccc(N=C(N)N)c(Cl)c2)cc1Cl. The Kier molecular flexibility index (Phi) is 8.69. The van der Waals surface area contributed by atoms with Crippen LogP contribution in [0.2, 0.25) is 10.0 Å². The number of aliphatic imine (C=N–C) groups is 2. The zero-order chi connectivity index (χ0) is 21.2. The van der Waals surface area contributed by atoms with Gasteiger partial charge in [0.25, 0.3) is 0 Å². The maximum atomic E-state index is 6.11. The number of halogens is 2. The molecule has 10 heteroatoms. The smallest absolute Gasteiger partial charge is 0.191 e. The first-order chi connectivity index (χ1) is 13.8. The average molecular weight is 439 g/mol. The Bertz CT molecular complexity index is 809. The van der Waals surface area contributed by atoms with Crippen molar-refractivity contribution in [3.05, 3.63) is 46.4 Å². The van der Waals surface area contributed by atoms with Gasteiger partial charge in [0.2, 0.25) is 0 Å². The third-order valence-corrected chi connectivity index (χ3v) is 4.27. The Labute approximate surface area is 179 Å². The lowest BCUT2D eigenvalue weighted by atomic mass is 10.2. The molecule has 0 radical (unpaired) electrons. The predicted octanol–water partition coefficient (Wildman–Crippen LogP) is 3.43. The number of nitrogens with two attached hydrogens (primary N) is 4. The minimum absolute atomic E-state index is 0.0465. The molecule has 0 aliphatic carbocycles. The summed E-state index contributed by atoms with van der Waals surface area (Å²) in [6.07, 6.45) is 2.70. The maximum Gasteiger partial charge on any atom is 0.191 e. The zero-order valence-electron chi connectivity index (χ0n) is 15.8. The first kappa shape index (κ1) is 22.4. The first-order valence-electron chi connectivity index (χ1n) is 8.89. The summed E-state index contributed by atoms with van der Waals surface area (Å²) in [5, 5.41) is 0.850. The number of benzene rings is 2. The molecule has 29 heavy (non-hydrogen) atoms. The van der Waals surface area contributed by atoms with Gasteiger partial charge in [0.1, 0.15) is 11.5 Å². The van der Waals surface area contributed by atoms with Crippen LogP contribution in [-0.2, 0) is 0 Å². The number of hydrogen-bond donors (Lipinski definition) is 4. The van der Waals surface area contributed by atoms with Gasteiger partial charge in [-0.15, -0.1) is 0 Å². The van der Waals surface area contributed by atoms with E-state index >= 15 is 0 Å². The number of guanidine groups is 2. The number of nitrogens with zero attached hydrogens (tertiary/aromatic N) is 2. The Balaban J connectivity index is 1.66. The van der Waals surface area contributed by atoms with E-state index < -0.39 is 0 Å². The van der Waals surface area contributed by atoms with Crippen LogP contribution in [0, 0.1) is 0 Å². The van der Waals surface area contributed by atoms with Crippen molar-refractivity contribution in [2.24, 2.45) is 32.9 Å². The number of ether oxygens (including phenoxy) is 2. The topological polar surface area (TPSA) is 147 Å². The molecule has 0 fully saturated rings. The van der Waals surface area contributed by atoms with Gasteiger partial charge in [0.15, 0.2) is 11.9 Å². The van der Waals surface area contributed by atoms with Gasteiger partial charge in [-0.25, -0.2) is 9.98 Å². The summed E-state index contributed by atoms with van der Waals surface area (Å²) in [4.78, 5) is 7.85. The van der Waals surface area contributed by atoms with E-state index in [1.54, 1.807) is 36.4 Å². The van der Waals surface area contributed by atoms with Crippen molar-refractivity contribution in [3.63, 3.8) is 0 Å². The second-order valence-corrected chi connectivity index (χ2v) is 6.87. The van der Waals surface area contributed by atoms with E-state index in [2.05, 4.69) is 9.98 Å². The lowest BCUT2D eigenvalue weighted by Gasteiger charge is -2.09. The maximum absolute atomic E-state index is 6.11. The highest BCUT2D eigenvalue weighted by Crippen LogP contribution is 2.30. The van der Waals surface area contributed by atoms with Crippen LogP contribution < -0.4 is 32.4 Å². The third-order valence-electron chi connectivity index (χ3n) is 3.66. The minimum Gasteiger partial charge on any atom is -0.494 e. The molecule has 2 aromatic carbocycles. The molecule has 0 bridgehead atoms. The Hall–Kier alpha value is -2.84. The highest BCUT2D eigenvalue weighted by Gasteiger charge is 2.04. The zero-order valence-corrected chi connectivity index (χ0v) is 17.3. The van der Waals surface area contributed by atoms with Gasteiger partial charge in [-0.2, -0.15) is 0 Å². The Morgan fingerprint density at radius 3 is 1.45 bits per heavy atom. The molecular formula is C19H24Cl2N6O2. The molecule has 0 amide bonds. The molecule has 8 N–H and O–H groups in total. The van der Waals surface area contributed by atoms with Crippen molar-refractivity contribution in [3.8, 4) is 11.5 Å². The van der Waals surface area contributed by atoms with Gasteiger partial charge in [0.05, 0.1) is 34.6 Å². The van der Waals surface area contributed by atoms with E-state index in [1.165, 1.54) is 0 Å². The van der Waals surface area contributed by atoms with Crippen LogP contribution in [0.1, 0.15) is 19.3 Å². The number of rotatable bonds is 10. The van der Waals surface area contributed by atoms with Gasteiger partial charge < -0.3 is 32.4 Å². The van der Waals surface area contributed by atoms with Crippen LogP contribution in [0.3, 0.4) is 0 Å². The van der Waals surface area contributed by atoms with E-state index in [0.29, 0.717) is 46.1 Å². The molecule has 156 valence electrons. The predicted molar refractivity (Wildman–Crippen MR) is 119 cm³/mol. The van der Waals surface area contributed by atoms with E-state index in [1.807, 2.05) is 0 Å². The average Bonchev–Trinajstić information content (AvgIpc) is 2.64. The van der Waals surface area contributed by atoms with Crippen molar-refractivity contribution in [1.82, 2.24) is 0 Å². The number of hydrogen-bond acceptors (Lipinski definition) is 4. The fourth-order valence-electron chi connectivity index (χ4n) is 2.38. The third kappa shape index (κ3) is 7.97. The van der Waals surface area contributed by atoms with Gasteiger partial charge >= 0.3 is 0 Å². The molecule has 0 spiro atoms. The summed E-state index contributed by atoms with van der Waals surface area (Å²) < 4.78 is 11.4. The monoisotopic (exact) mass is 438 g/mol. The molecule has 2 aromatic rings. The largest absolute Gasteiger partial charge is 0.494 e. The summed E-state index contributed by atoms with van der Waals surface area (Å²) >= 11 is 12.2. The van der Waals surface area contributed by atoms with Crippen LogP contribution in [0.4, 0.5) is 11.4 Å². The molecular weight excluding hydrogens is 415 g/mol. The van der Waals surface area contributed by atoms with Crippen LogP contribution in [-0.4, -0.2) is 25.1 Å². The van der Waals surface area contributed by atoms with Gasteiger partial charge in [0, 0.05) is 12.1 Å². The van der Waals surface area contributed by atoms with Crippen molar-refractivity contribution in [2.75, 3.05) is 13.2 Å². The first-order valence-corrected chi connectivity index (χ1v) is 9.64. The molecule has 8 nitrogen and oxygen atoms in total. The fourth-order valence-corrected chi connectivity index (χ4v) is 2.80. The highest BCUT2D eigenvalue weighted by molar-refractivity contribution is 6.33. The van der Waals surface area contributed by atoms with E-state index in [0.717, 1.165) is 19.3 Å². The van der Waals surface area contributed by atoms with Crippen molar-refractivity contribution < 1.29 is 9.47 Å². The van der Waals surface area contributed by atoms with Crippen molar-refractivity contribution in [1.29, 1.82) is 0 Å². The molecule has 0 saturated heterocycles. The van der Waals surface area contributed by atoms with Crippen LogP contribution >= 0.6 is 23.2 Å². The van der Waals surface area contributed by atoms with Crippen LogP contribution in [0.15, 0.2) is 46.4 Å². The lowest BCUT2D eigenvalue weighted by molar-refractivity contribution is 0.279. The Morgan fingerprint density at radius 1 is 0.690 bits per heavy atom. The number of unbranched alkanes of at least 4 members (excludes halogenated alkanes) is 2. The summed E-state index contributed by atoms with van der Waals surface area (Å²) in [6.45, 7) is 1.13. The molecule has 2 rings (SSSR count). The van der Waals surface area contributed by atoms with E-state index in [9.17, 15) is 0 Å². The lowest BCUT2D eigenvalue weighted by Crippen LogP contribution is -2.21. The van der Waals surface area contributed by atoms with Gasteiger partial charge in [-0.1, -0.05) is 23.2 Å². The van der Waals surface area contributed by atoms with Crippen LogP contribution in [0.5, 0.6) is 11.5 Å². The van der Waals surface area contributed by atoms with Gasteiger partial charge in [-0.3, -0.25) is 0 Å². The molecule has 0 aliphatic heterocycles. The van der Waals surface area contributed by atoms with Crippen LogP contribution in [0.25, 0.3) is 0 Å². The molecule has 0 aromatic heterocycles. The second-order valence-electron chi connectivity index (χ2n) is 6.06. The summed E-state index contributed by atoms with van der Waals surface area (Å²) in [7, 11) is 0. The standard InChI is InChI=1S/C19H24Cl2N6O2/c20-14-10-12(4-6-16(14)26-18(22)23)28-8-2-1-3-9-29-13-5-7-17(15(21)11-13)27-19(24)25/h4-7,10-11H,1-3,8-9H2,(H4,22,23,26)(H4,24,25,27). The molecule has 0 aliphatic rings. The molecule has 0 heterocycles. The van der Waals surface area contributed by atoms with Crippen molar-refractivity contribution >= 4 is 46.5 Å². The van der Waals surface area contributed by atoms with Gasteiger partial charge in [-0.05, 0) is 43.5 Å². The quantitative estimate of drug-likeness (QED) is 0.253. The summed E-state index contributed by atoms with van der Waals surface area (Å²) in [6, 6.07) is 10.3. The van der Waals surface area contributed by atoms with E-state index in [-0.39, 0.29) is 11.9 Å². The highest BCUT2D eigenvalue weighted by atomic mass is 35.5. The molecule has 0 saturated carbocycles. The summed E-state index contributed by atoms with van der Waals surface area (Å²) in [5.41, 5.74) is 22.4. The van der Waals surface area contributed by atoms with Crippen molar-refractivity contribution in [2.45, 2.75) is 19.3 Å². The summed E-state index contributed by atoms with van der Waals surface area (Å²) in [5.74, 6) is 1.23. The second kappa shape index (κ2) is 11.2. The minimum atomic E-state index is -0.0465. The fraction of sp³-hybridized carbons (Fsp3) is 0.263. The Morgan fingerprint density at radius 2 is 1.10 bits per heavy atom. The molecule has 0 atom stereocenters. The molecule has 0 unspecified atom stereocenters. The normalized spacial score (nSPS) is 10.3.